The molecule has 2 aromatic rings. The van der Waals surface area contributed by atoms with E-state index in [4.69, 9.17) is 4.74 Å². The van der Waals surface area contributed by atoms with Crippen LogP contribution in [0.2, 0.25) is 0 Å². The fraction of sp³-hybridized carbons (Fsp3) is 0.111. The quantitative estimate of drug-likeness (QED) is 0.748. The molecule has 126 valence electrons. The summed E-state index contributed by atoms with van der Waals surface area (Å²) in [7, 11) is 1.57. The van der Waals surface area contributed by atoms with Gasteiger partial charge in [0.15, 0.2) is 0 Å². The molecule has 1 amide bonds. The molecule has 0 aliphatic carbocycles. The second-order valence-corrected chi connectivity index (χ2v) is 6.62. The fourth-order valence-corrected chi connectivity index (χ4v) is 3.49. The normalized spacial score (nSPS) is 17.1. The van der Waals surface area contributed by atoms with Gasteiger partial charge in [-0.1, -0.05) is 40.2 Å². The van der Waals surface area contributed by atoms with E-state index < -0.39 is 12.1 Å². The van der Waals surface area contributed by atoms with Crippen molar-refractivity contribution in [2.75, 3.05) is 12.0 Å². The molecule has 0 saturated carbocycles. The number of nitriles is 1. The van der Waals surface area contributed by atoms with Gasteiger partial charge >= 0.3 is 0 Å². The number of nitrogens with one attached hydrogen (secondary N) is 1. The number of anilines is 1. The maximum Gasteiger partial charge on any atom is 0.266 e. The average Bonchev–Trinajstić information content (AvgIpc) is 2.61. The number of amides is 1. The maximum atomic E-state index is 12.3. The summed E-state index contributed by atoms with van der Waals surface area (Å²) < 4.78 is 6.33. The van der Waals surface area contributed by atoms with Crippen LogP contribution in [0.1, 0.15) is 11.7 Å². The van der Waals surface area contributed by atoms with Gasteiger partial charge in [0.2, 0.25) is 0 Å². The lowest BCUT2D eigenvalue weighted by atomic mass is 10.1. The molecular formula is C18H14BrN3O2S. The molecule has 0 fully saturated rings. The third-order valence-electron chi connectivity index (χ3n) is 3.83. The molecule has 2 aromatic carbocycles. The van der Waals surface area contributed by atoms with Crippen molar-refractivity contribution in [1.29, 1.82) is 5.26 Å². The third-order valence-corrected chi connectivity index (χ3v) is 4.76. The molecule has 0 radical (unpaired) electrons. The highest BCUT2D eigenvalue weighted by molar-refractivity contribution is 9.10. The van der Waals surface area contributed by atoms with E-state index >= 15 is 0 Å². The van der Waals surface area contributed by atoms with Gasteiger partial charge in [-0.25, -0.2) is 0 Å². The topological polar surface area (TPSA) is 65.4 Å². The Hall–Kier alpha value is -2.43. The molecule has 1 atom stereocenters. The number of hydrogen-bond donors (Lipinski definition) is 2. The summed E-state index contributed by atoms with van der Waals surface area (Å²) in [5.74, 6) is 0.158. The standard InChI is InChI=1S/C18H14BrN3O2S/c1-24-15-8-3-2-7-14(15)22-16(11-5-4-6-12(19)9-11)21-17(23)13(10-20)18(22)25/h2-9,16,25H,1H3,(H,21,23). The Morgan fingerprint density at radius 3 is 2.72 bits per heavy atom. The first-order valence-electron chi connectivity index (χ1n) is 7.38. The predicted molar refractivity (Wildman–Crippen MR) is 102 cm³/mol. The third kappa shape index (κ3) is 3.23. The average molecular weight is 416 g/mol. The highest BCUT2D eigenvalue weighted by Crippen LogP contribution is 2.40. The van der Waals surface area contributed by atoms with Crippen LogP contribution >= 0.6 is 28.6 Å². The van der Waals surface area contributed by atoms with Gasteiger partial charge in [0.1, 0.15) is 23.6 Å². The van der Waals surface area contributed by atoms with Crippen molar-refractivity contribution in [3.8, 4) is 11.8 Å². The summed E-state index contributed by atoms with van der Waals surface area (Å²) in [5.41, 5.74) is 1.50. The number of carbonyl (C=O) groups excluding carboxylic acids is 1. The SMILES string of the molecule is COc1ccccc1N1C(S)=C(C#N)C(=O)NC1c1cccc(Br)c1. The number of halogens is 1. The Kier molecular flexibility index (Phi) is 5.02. The highest BCUT2D eigenvalue weighted by Gasteiger charge is 2.35. The first-order valence-corrected chi connectivity index (χ1v) is 8.62. The molecule has 25 heavy (non-hydrogen) atoms. The van der Waals surface area contributed by atoms with Crippen LogP contribution in [0.4, 0.5) is 5.69 Å². The number of hydrogen-bond acceptors (Lipinski definition) is 5. The van der Waals surface area contributed by atoms with Gasteiger partial charge in [-0.05, 0) is 29.8 Å². The minimum Gasteiger partial charge on any atom is -0.495 e. The van der Waals surface area contributed by atoms with E-state index in [1.165, 1.54) is 0 Å². The number of nitrogens with zero attached hydrogens (tertiary/aromatic N) is 2. The van der Waals surface area contributed by atoms with E-state index in [2.05, 4.69) is 33.9 Å². The highest BCUT2D eigenvalue weighted by atomic mass is 79.9. The lowest BCUT2D eigenvalue weighted by Gasteiger charge is -2.38. The van der Waals surface area contributed by atoms with Crippen LogP contribution in [0.3, 0.4) is 0 Å². The van der Waals surface area contributed by atoms with Crippen LogP contribution in [0.15, 0.2) is 63.6 Å². The maximum absolute atomic E-state index is 12.3. The number of para-hydroxylation sites is 2. The predicted octanol–water partition coefficient (Wildman–Crippen LogP) is 3.76. The molecule has 1 N–H and O–H groups in total. The van der Waals surface area contributed by atoms with Gasteiger partial charge in [0.05, 0.1) is 17.8 Å². The van der Waals surface area contributed by atoms with Gasteiger partial charge in [-0.3, -0.25) is 4.79 Å². The van der Waals surface area contributed by atoms with E-state index in [-0.39, 0.29) is 10.6 Å². The second-order valence-electron chi connectivity index (χ2n) is 5.28. The summed E-state index contributed by atoms with van der Waals surface area (Å²) in [5, 5.41) is 12.5. The lowest BCUT2D eigenvalue weighted by Crippen LogP contribution is -2.46. The van der Waals surface area contributed by atoms with Crippen LogP contribution in [-0.2, 0) is 4.79 Å². The summed E-state index contributed by atoms with van der Waals surface area (Å²) in [4.78, 5) is 14.1. The van der Waals surface area contributed by atoms with Crippen LogP contribution in [0.25, 0.3) is 0 Å². The van der Waals surface area contributed by atoms with Crippen molar-refractivity contribution in [1.82, 2.24) is 5.32 Å². The van der Waals surface area contributed by atoms with E-state index in [0.29, 0.717) is 11.4 Å². The van der Waals surface area contributed by atoms with E-state index in [1.54, 1.807) is 12.0 Å². The Morgan fingerprint density at radius 2 is 2.04 bits per heavy atom. The zero-order valence-corrected chi connectivity index (χ0v) is 15.7. The summed E-state index contributed by atoms with van der Waals surface area (Å²) in [6.45, 7) is 0. The summed E-state index contributed by atoms with van der Waals surface area (Å²) in [6, 6.07) is 16.9. The second kappa shape index (κ2) is 7.21. The van der Waals surface area contributed by atoms with E-state index in [9.17, 15) is 10.1 Å². The number of carbonyl (C=O) groups is 1. The fourth-order valence-electron chi connectivity index (χ4n) is 2.70. The molecule has 1 heterocycles. The molecule has 0 saturated heterocycles. The number of benzene rings is 2. The minimum absolute atomic E-state index is 0.0412. The zero-order chi connectivity index (χ0) is 18.0. The molecule has 0 bridgehead atoms. The van der Waals surface area contributed by atoms with Crippen molar-refractivity contribution in [2.45, 2.75) is 6.17 Å². The van der Waals surface area contributed by atoms with Crippen LogP contribution in [-0.4, -0.2) is 13.0 Å². The monoisotopic (exact) mass is 415 g/mol. The van der Waals surface area contributed by atoms with Gasteiger partial charge in [0.25, 0.3) is 5.91 Å². The lowest BCUT2D eigenvalue weighted by molar-refractivity contribution is -0.118. The number of rotatable bonds is 3. The molecule has 1 aliphatic heterocycles. The Labute approximate surface area is 159 Å². The van der Waals surface area contributed by atoms with Gasteiger partial charge < -0.3 is 15.0 Å². The number of methoxy groups -OCH3 is 1. The molecule has 3 rings (SSSR count). The van der Waals surface area contributed by atoms with E-state index in [0.717, 1.165) is 10.0 Å². The van der Waals surface area contributed by atoms with Gasteiger partial charge in [-0.2, -0.15) is 5.26 Å². The Morgan fingerprint density at radius 1 is 1.28 bits per heavy atom. The van der Waals surface area contributed by atoms with Crippen molar-refractivity contribution in [3.63, 3.8) is 0 Å². The minimum atomic E-state index is -0.522. The van der Waals surface area contributed by atoms with Crippen LogP contribution in [0.5, 0.6) is 5.75 Å². The van der Waals surface area contributed by atoms with Crippen molar-refractivity contribution in [3.05, 3.63) is 69.2 Å². The molecule has 1 aliphatic rings. The number of ether oxygens (including phenoxy) is 1. The largest absolute Gasteiger partial charge is 0.495 e. The molecule has 5 nitrogen and oxygen atoms in total. The Bertz CT molecular complexity index is 907. The smallest absolute Gasteiger partial charge is 0.266 e. The molecule has 0 aromatic heterocycles. The summed E-state index contributed by atoms with van der Waals surface area (Å²) >= 11 is 7.93. The van der Waals surface area contributed by atoms with Gasteiger partial charge in [-0.15, -0.1) is 12.6 Å². The molecule has 7 heteroatoms. The molecular weight excluding hydrogens is 402 g/mol. The summed E-state index contributed by atoms with van der Waals surface area (Å²) in [6.07, 6.45) is -0.522. The van der Waals surface area contributed by atoms with Crippen molar-refractivity contribution in [2.24, 2.45) is 0 Å². The van der Waals surface area contributed by atoms with Crippen molar-refractivity contribution >= 4 is 40.2 Å². The van der Waals surface area contributed by atoms with Crippen LogP contribution in [0, 0.1) is 11.3 Å². The molecule has 1 unspecified atom stereocenters. The number of thiol groups is 1. The first-order chi connectivity index (χ1) is 12.1. The van der Waals surface area contributed by atoms with E-state index in [1.807, 2.05) is 54.6 Å². The Balaban J connectivity index is 2.22. The first kappa shape index (κ1) is 17.4. The molecule has 0 spiro atoms. The van der Waals surface area contributed by atoms with Crippen LogP contribution < -0.4 is 15.0 Å². The van der Waals surface area contributed by atoms with Gasteiger partial charge in [0, 0.05) is 4.47 Å². The zero-order valence-electron chi connectivity index (χ0n) is 13.2. The van der Waals surface area contributed by atoms with Crippen molar-refractivity contribution < 1.29 is 9.53 Å².